The molecular formula is C21H16F4N4. The van der Waals surface area contributed by atoms with E-state index in [9.17, 15) is 17.6 Å². The number of rotatable bonds is 5. The van der Waals surface area contributed by atoms with Crippen molar-refractivity contribution in [1.29, 1.82) is 0 Å². The fourth-order valence-electron chi connectivity index (χ4n) is 3.16. The Morgan fingerprint density at radius 1 is 1.00 bits per heavy atom. The molecule has 0 aliphatic carbocycles. The number of benzene rings is 1. The van der Waals surface area contributed by atoms with Crippen LogP contribution in [-0.4, -0.2) is 15.0 Å². The molecule has 0 saturated heterocycles. The largest absolute Gasteiger partial charge is 0.416 e. The molecule has 148 valence electrons. The van der Waals surface area contributed by atoms with Gasteiger partial charge in [0.05, 0.1) is 5.56 Å². The Kier molecular flexibility index (Phi) is 4.92. The van der Waals surface area contributed by atoms with E-state index in [2.05, 4.69) is 20.3 Å². The molecule has 0 atom stereocenters. The van der Waals surface area contributed by atoms with E-state index >= 15 is 0 Å². The van der Waals surface area contributed by atoms with Crippen molar-refractivity contribution >= 4 is 16.9 Å². The third kappa shape index (κ3) is 4.21. The lowest BCUT2D eigenvalue weighted by atomic mass is 10.1. The minimum absolute atomic E-state index is 0.0453. The van der Waals surface area contributed by atoms with E-state index in [1.54, 1.807) is 18.5 Å². The van der Waals surface area contributed by atoms with Crippen LogP contribution in [0.1, 0.15) is 22.3 Å². The molecule has 0 aliphatic rings. The molecule has 2 N–H and O–H groups in total. The molecule has 0 aliphatic heterocycles. The van der Waals surface area contributed by atoms with Crippen LogP contribution in [-0.2, 0) is 19.1 Å². The predicted molar refractivity (Wildman–Crippen MR) is 102 cm³/mol. The standard InChI is InChI=1S/C21H16F4N4/c22-16-5-4-14(18(9-16)21(23,24)25)11-28-19-6-3-13(10-27-19)8-15-12-29-20-17(15)2-1-7-26-20/h1-7,9-10,12H,8,11H2,(H,26,29)(H,27,28). The summed E-state index contributed by atoms with van der Waals surface area (Å²) in [5.41, 5.74) is 1.81. The van der Waals surface area contributed by atoms with Gasteiger partial charge in [0, 0.05) is 36.9 Å². The minimum atomic E-state index is -4.62. The highest BCUT2D eigenvalue weighted by atomic mass is 19.4. The highest BCUT2D eigenvalue weighted by molar-refractivity contribution is 5.79. The van der Waals surface area contributed by atoms with Crippen LogP contribution in [0.3, 0.4) is 0 Å². The van der Waals surface area contributed by atoms with Gasteiger partial charge in [-0.25, -0.2) is 14.4 Å². The summed E-state index contributed by atoms with van der Waals surface area (Å²) >= 11 is 0. The van der Waals surface area contributed by atoms with Crippen molar-refractivity contribution in [3.05, 3.63) is 89.1 Å². The van der Waals surface area contributed by atoms with Crippen molar-refractivity contribution in [3.8, 4) is 0 Å². The average molecular weight is 400 g/mol. The summed E-state index contributed by atoms with van der Waals surface area (Å²) < 4.78 is 52.4. The second-order valence-electron chi connectivity index (χ2n) is 6.59. The number of nitrogens with zero attached hydrogens (tertiary/aromatic N) is 2. The van der Waals surface area contributed by atoms with Gasteiger partial charge in [0.15, 0.2) is 0 Å². The maximum Gasteiger partial charge on any atom is 0.416 e. The van der Waals surface area contributed by atoms with Gasteiger partial charge in [-0.05, 0) is 47.0 Å². The number of nitrogens with one attached hydrogen (secondary N) is 2. The van der Waals surface area contributed by atoms with Crippen LogP contribution in [0.4, 0.5) is 23.4 Å². The molecule has 3 aromatic heterocycles. The summed E-state index contributed by atoms with van der Waals surface area (Å²) in [5.74, 6) is -0.483. The molecular weight excluding hydrogens is 384 g/mol. The fourth-order valence-corrected chi connectivity index (χ4v) is 3.16. The van der Waals surface area contributed by atoms with Gasteiger partial charge in [-0.3, -0.25) is 0 Å². The zero-order chi connectivity index (χ0) is 20.4. The number of hydrogen-bond acceptors (Lipinski definition) is 3. The third-order valence-corrected chi connectivity index (χ3v) is 4.59. The number of alkyl halides is 3. The van der Waals surface area contributed by atoms with Gasteiger partial charge in [0.2, 0.25) is 0 Å². The first kappa shape index (κ1) is 18.9. The summed E-state index contributed by atoms with van der Waals surface area (Å²) in [6.07, 6.45) is 1.32. The van der Waals surface area contributed by atoms with Crippen LogP contribution in [0.15, 0.2) is 61.1 Å². The normalized spacial score (nSPS) is 11.7. The van der Waals surface area contributed by atoms with E-state index in [4.69, 9.17) is 0 Å². The maximum absolute atomic E-state index is 13.2. The Balaban J connectivity index is 1.45. The Morgan fingerprint density at radius 2 is 1.86 bits per heavy atom. The summed E-state index contributed by atoms with van der Waals surface area (Å²) in [5, 5.41) is 3.89. The van der Waals surface area contributed by atoms with E-state index in [0.29, 0.717) is 18.3 Å². The lowest BCUT2D eigenvalue weighted by molar-refractivity contribution is -0.138. The molecule has 0 radical (unpaired) electrons. The molecule has 0 unspecified atom stereocenters. The number of anilines is 1. The lowest BCUT2D eigenvalue weighted by Gasteiger charge is -2.14. The van der Waals surface area contributed by atoms with Gasteiger partial charge in [-0.2, -0.15) is 13.2 Å². The quantitative estimate of drug-likeness (QED) is 0.446. The Hall–Kier alpha value is -3.42. The van der Waals surface area contributed by atoms with Crippen LogP contribution in [0.25, 0.3) is 11.0 Å². The molecule has 0 fully saturated rings. The van der Waals surface area contributed by atoms with Gasteiger partial charge in [-0.1, -0.05) is 12.1 Å². The monoisotopic (exact) mass is 400 g/mol. The molecule has 0 amide bonds. The number of pyridine rings is 2. The zero-order valence-corrected chi connectivity index (χ0v) is 15.1. The topological polar surface area (TPSA) is 53.6 Å². The Bertz CT molecular complexity index is 1130. The summed E-state index contributed by atoms with van der Waals surface area (Å²) in [6, 6.07) is 10.1. The molecule has 0 bridgehead atoms. The van der Waals surface area contributed by atoms with Gasteiger partial charge in [0.25, 0.3) is 0 Å². The smallest absolute Gasteiger partial charge is 0.366 e. The van der Waals surface area contributed by atoms with Crippen molar-refractivity contribution in [2.45, 2.75) is 19.1 Å². The summed E-state index contributed by atoms with van der Waals surface area (Å²) in [7, 11) is 0. The van der Waals surface area contributed by atoms with E-state index in [-0.39, 0.29) is 12.1 Å². The highest BCUT2D eigenvalue weighted by Crippen LogP contribution is 2.32. The van der Waals surface area contributed by atoms with Crippen molar-refractivity contribution in [2.75, 3.05) is 5.32 Å². The molecule has 4 rings (SSSR count). The van der Waals surface area contributed by atoms with Crippen LogP contribution < -0.4 is 5.32 Å². The van der Waals surface area contributed by atoms with Gasteiger partial charge in [0.1, 0.15) is 17.3 Å². The molecule has 29 heavy (non-hydrogen) atoms. The number of hydrogen-bond donors (Lipinski definition) is 2. The second-order valence-corrected chi connectivity index (χ2v) is 6.59. The SMILES string of the molecule is Fc1ccc(CNc2ccc(Cc3c[nH]c4ncccc34)cn2)c(C(F)(F)F)c1. The molecule has 4 aromatic rings. The first-order valence-electron chi connectivity index (χ1n) is 8.85. The van der Waals surface area contributed by atoms with Gasteiger partial charge < -0.3 is 10.3 Å². The van der Waals surface area contributed by atoms with Crippen molar-refractivity contribution < 1.29 is 17.6 Å². The first-order chi connectivity index (χ1) is 13.9. The average Bonchev–Trinajstić information content (AvgIpc) is 3.10. The fraction of sp³-hybridized carbons (Fsp3) is 0.143. The third-order valence-electron chi connectivity index (χ3n) is 4.59. The van der Waals surface area contributed by atoms with Gasteiger partial charge in [-0.15, -0.1) is 0 Å². The van der Waals surface area contributed by atoms with Crippen LogP contribution in [0.5, 0.6) is 0 Å². The number of H-pyrrole nitrogens is 1. The Morgan fingerprint density at radius 3 is 2.62 bits per heavy atom. The second kappa shape index (κ2) is 7.54. The molecule has 3 heterocycles. The van der Waals surface area contributed by atoms with E-state index in [1.165, 1.54) is 0 Å². The summed E-state index contributed by atoms with van der Waals surface area (Å²) in [6.45, 7) is -0.115. The molecule has 8 heteroatoms. The first-order valence-corrected chi connectivity index (χ1v) is 8.85. The number of aromatic amines is 1. The minimum Gasteiger partial charge on any atom is -0.366 e. The lowest BCUT2D eigenvalue weighted by Crippen LogP contribution is -2.12. The van der Waals surface area contributed by atoms with Crippen LogP contribution in [0, 0.1) is 5.82 Å². The molecule has 1 aromatic carbocycles. The number of aromatic nitrogens is 3. The van der Waals surface area contributed by atoms with Crippen molar-refractivity contribution in [2.24, 2.45) is 0 Å². The Labute approximate surface area is 163 Å². The predicted octanol–water partition coefficient (Wildman–Crippen LogP) is 5.32. The van der Waals surface area contributed by atoms with E-state index in [1.807, 2.05) is 24.4 Å². The van der Waals surface area contributed by atoms with Gasteiger partial charge >= 0.3 is 6.18 Å². The number of halogens is 4. The molecule has 0 spiro atoms. The molecule has 4 nitrogen and oxygen atoms in total. The van der Waals surface area contributed by atoms with E-state index in [0.717, 1.165) is 34.3 Å². The van der Waals surface area contributed by atoms with Crippen molar-refractivity contribution in [1.82, 2.24) is 15.0 Å². The molecule has 0 saturated carbocycles. The van der Waals surface area contributed by atoms with Crippen LogP contribution >= 0.6 is 0 Å². The van der Waals surface area contributed by atoms with E-state index < -0.39 is 17.6 Å². The zero-order valence-electron chi connectivity index (χ0n) is 15.1. The maximum atomic E-state index is 13.2. The van der Waals surface area contributed by atoms with Crippen molar-refractivity contribution in [3.63, 3.8) is 0 Å². The highest BCUT2D eigenvalue weighted by Gasteiger charge is 2.33. The number of fused-ring (bicyclic) bond motifs is 1. The summed E-state index contributed by atoms with van der Waals surface area (Å²) in [4.78, 5) is 11.6. The van der Waals surface area contributed by atoms with Crippen LogP contribution in [0.2, 0.25) is 0 Å².